The Morgan fingerprint density at radius 3 is 2.09 bits per heavy atom. The quantitative estimate of drug-likeness (QED) is 0.886. The topological polar surface area (TPSA) is 49.3 Å². The molecular formula is C20H23NO2. The summed E-state index contributed by atoms with van der Waals surface area (Å²) in [5.41, 5.74) is 3.28. The van der Waals surface area contributed by atoms with Gasteiger partial charge in [-0.25, -0.2) is 0 Å². The average molecular weight is 309 g/mol. The Labute approximate surface area is 137 Å². The van der Waals surface area contributed by atoms with Crippen molar-refractivity contribution in [3.05, 3.63) is 54.1 Å². The maximum absolute atomic E-state index is 12.2. The van der Waals surface area contributed by atoms with Gasteiger partial charge < -0.3 is 10.4 Å². The molecule has 0 bridgehead atoms. The van der Waals surface area contributed by atoms with Crippen molar-refractivity contribution < 1.29 is 9.90 Å². The molecule has 120 valence electrons. The Balaban J connectivity index is 1.57. The minimum atomic E-state index is 0.201. The number of rotatable bonds is 4. The lowest BCUT2D eigenvalue weighted by Gasteiger charge is -2.20. The molecule has 0 spiro atoms. The van der Waals surface area contributed by atoms with Gasteiger partial charge >= 0.3 is 0 Å². The SMILES string of the molecule is O=C(NCc1ccc(-c2ccc(O)cc2)cc1)C1CCCCC1. The fourth-order valence-corrected chi connectivity index (χ4v) is 3.17. The number of phenolic OH excluding ortho intramolecular Hbond substituents is 1. The molecule has 2 aromatic carbocycles. The summed E-state index contributed by atoms with van der Waals surface area (Å²) >= 11 is 0. The van der Waals surface area contributed by atoms with Crippen molar-refractivity contribution in [1.82, 2.24) is 5.32 Å². The van der Waals surface area contributed by atoms with E-state index >= 15 is 0 Å². The molecule has 1 fully saturated rings. The fourth-order valence-electron chi connectivity index (χ4n) is 3.17. The van der Waals surface area contributed by atoms with E-state index in [4.69, 9.17) is 0 Å². The van der Waals surface area contributed by atoms with Gasteiger partial charge in [-0.2, -0.15) is 0 Å². The number of carbonyl (C=O) groups is 1. The molecule has 1 amide bonds. The van der Waals surface area contributed by atoms with Gasteiger partial charge in [0.2, 0.25) is 5.91 Å². The molecule has 0 heterocycles. The minimum Gasteiger partial charge on any atom is -0.508 e. The molecule has 1 aliphatic rings. The number of phenols is 1. The maximum Gasteiger partial charge on any atom is 0.223 e. The van der Waals surface area contributed by atoms with Crippen LogP contribution in [0, 0.1) is 5.92 Å². The largest absolute Gasteiger partial charge is 0.508 e. The average Bonchev–Trinajstić information content (AvgIpc) is 2.61. The smallest absolute Gasteiger partial charge is 0.223 e. The Kier molecular flexibility index (Phi) is 4.96. The highest BCUT2D eigenvalue weighted by molar-refractivity contribution is 5.78. The van der Waals surface area contributed by atoms with Crippen LogP contribution in [0.3, 0.4) is 0 Å². The van der Waals surface area contributed by atoms with Crippen molar-refractivity contribution in [2.75, 3.05) is 0 Å². The highest BCUT2D eigenvalue weighted by Gasteiger charge is 2.20. The summed E-state index contributed by atoms with van der Waals surface area (Å²) in [6.07, 6.45) is 5.69. The number of carbonyl (C=O) groups excluding carboxylic acids is 1. The van der Waals surface area contributed by atoms with E-state index in [1.807, 2.05) is 24.3 Å². The minimum absolute atomic E-state index is 0.201. The Morgan fingerprint density at radius 2 is 1.48 bits per heavy atom. The van der Waals surface area contributed by atoms with Crippen molar-refractivity contribution >= 4 is 5.91 Å². The first-order valence-electron chi connectivity index (χ1n) is 8.38. The molecule has 3 rings (SSSR count). The number of benzene rings is 2. The molecule has 3 heteroatoms. The highest BCUT2D eigenvalue weighted by atomic mass is 16.3. The molecule has 0 unspecified atom stereocenters. The van der Waals surface area contributed by atoms with Gasteiger partial charge in [-0.15, -0.1) is 0 Å². The summed E-state index contributed by atoms with van der Waals surface area (Å²) in [6.45, 7) is 0.588. The second-order valence-corrected chi connectivity index (χ2v) is 6.30. The van der Waals surface area contributed by atoms with Gasteiger partial charge in [0.1, 0.15) is 5.75 Å². The first-order valence-corrected chi connectivity index (χ1v) is 8.38. The third kappa shape index (κ3) is 4.13. The zero-order valence-corrected chi connectivity index (χ0v) is 13.3. The van der Waals surface area contributed by atoms with Gasteiger partial charge in [-0.05, 0) is 41.7 Å². The van der Waals surface area contributed by atoms with Gasteiger partial charge in [0.25, 0.3) is 0 Å². The second-order valence-electron chi connectivity index (χ2n) is 6.30. The van der Waals surface area contributed by atoms with Gasteiger partial charge in [-0.3, -0.25) is 4.79 Å². The van der Waals surface area contributed by atoms with Crippen molar-refractivity contribution in [2.24, 2.45) is 5.92 Å². The number of nitrogens with one attached hydrogen (secondary N) is 1. The van der Waals surface area contributed by atoms with Crippen LogP contribution in [-0.2, 0) is 11.3 Å². The van der Waals surface area contributed by atoms with Crippen molar-refractivity contribution in [3.63, 3.8) is 0 Å². The van der Waals surface area contributed by atoms with Gasteiger partial charge in [0.15, 0.2) is 0 Å². The molecule has 23 heavy (non-hydrogen) atoms. The molecule has 0 aromatic heterocycles. The molecule has 0 atom stereocenters. The second kappa shape index (κ2) is 7.32. The van der Waals surface area contributed by atoms with E-state index in [9.17, 15) is 9.90 Å². The number of amides is 1. The predicted molar refractivity (Wildman–Crippen MR) is 92.0 cm³/mol. The van der Waals surface area contributed by atoms with Crippen LogP contribution in [0.25, 0.3) is 11.1 Å². The maximum atomic E-state index is 12.2. The summed E-state index contributed by atoms with van der Waals surface area (Å²) < 4.78 is 0. The van der Waals surface area contributed by atoms with Crippen LogP contribution >= 0.6 is 0 Å². The van der Waals surface area contributed by atoms with E-state index in [1.54, 1.807) is 12.1 Å². The Morgan fingerprint density at radius 1 is 0.913 bits per heavy atom. The van der Waals surface area contributed by atoms with E-state index in [0.717, 1.165) is 29.5 Å². The van der Waals surface area contributed by atoms with Crippen LogP contribution in [-0.4, -0.2) is 11.0 Å². The monoisotopic (exact) mass is 309 g/mol. The van der Waals surface area contributed by atoms with Crippen LogP contribution in [0.2, 0.25) is 0 Å². The lowest BCUT2D eigenvalue weighted by atomic mass is 9.88. The van der Waals surface area contributed by atoms with Crippen molar-refractivity contribution in [3.8, 4) is 16.9 Å². The summed E-state index contributed by atoms with van der Waals surface area (Å²) in [6, 6.07) is 15.4. The summed E-state index contributed by atoms with van der Waals surface area (Å²) in [4.78, 5) is 12.2. The molecule has 1 aliphatic carbocycles. The Hall–Kier alpha value is -2.29. The van der Waals surface area contributed by atoms with E-state index < -0.39 is 0 Å². The van der Waals surface area contributed by atoms with Gasteiger partial charge in [-0.1, -0.05) is 55.7 Å². The normalized spacial score (nSPS) is 15.3. The van der Waals surface area contributed by atoms with Crippen LogP contribution < -0.4 is 5.32 Å². The molecular weight excluding hydrogens is 286 g/mol. The Bertz CT molecular complexity index is 640. The fraction of sp³-hybridized carbons (Fsp3) is 0.350. The van der Waals surface area contributed by atoms with Crippen LogP contribution in [0.5, 0.6) is 5.75 Å². The standard InChI is InChI=1S/C20H23NO2/c22-19-12-10-17(11-13-19)16-8-6-15(7-9-16)14-21-20(23)18-4-2-1-3-5-18/h6-13,18,22H,1-5,14H2,(H,21,23). The lowest BCUT2D eigenvalue weighted by molar-refractivity contribution is -0.126. The number of hydrogen-bond acceptors (Lipinski definition) is 2. The third-order valence-electron chi connectivity index (χ3n) is 4.60. The molecule has 0 saturated heterocycles. The van der Waals surface area contributed by atoms with E-state index in [-0.39, 0.29) is 17.6 Å². The lowest BCUT2D eigenvalue weighted by Crippen LogP contribution is -2.31. The van der Waals surface area contributed by atoms with Crippen LogP contribution in [0.1, 0.15) is 37.7 Å². The first kappa shape index (κ1) is 15.6. The third-order valence-corrected chi connectivity index (χ3v) is 4.60. The first-order chi connectivity index (χ1) is 11.2. The van der Waals surface area contributed by atoms with E-state index in [2.05, 4.69) is 17.4 Å². The van der Waals surface area contributed by atoms with Gasteiger partial charge in [0, 0.05) is 12.5 Å². The van der Waals surface area contributed by atoms with Crippen LogP contribution in [0.15, 0.2) is 48.5 Å². The molecule has 0 aliphatic heterocycles. The van der Waals surface area contributed by atoms with E-state index in [1.165, 1.54) is 19.3 Å². The summed E-state index contributed by atoms with van der Waals surface area (Å²) in [5, 5.41) is 12.4. The molecule has 2 aromatic rings. The molecule has 1 saturated carbocycles. The molecule has 3 nitrogen and oxygen atoms in total. The molecule has 0 radical (unpaired) electrons. The summed E-state index contributed by atoms with van der Waals surface area (Å²) in [7, 11) is 0. The highest BCUT2D eigenvalue weighted by Crippen LogP contribution is 2.24. The van der Waals surface area contributed by atoms with Gasteiger partial charge in [0.05, 0.1) is 0 Å². The molecule has 2 N–H and O–H groups in total. The van der Waals surface area contributed by atoms with Crippen molar-refractivity contribution in [1.29, 1.82) is 0 Å². The zero-order valence-electron chi connectivity index (χ0n) is 13.3. The summed E-state index contributed by atoms with van der Waals surface area (Å²) in [5.74, 6) is 0.683. The van der Waals surface area contributed by atoms with Crippen LogP contribution in [0.4, 0.5) is 0 Å². The van der Waals surface area contributed by atoms with E-state index in [0.29, 0.717) is 6.54 Å². The zero-order chi connectivity index (χ0) is 16.1. The predicted octanol–water partition coefficient (Wildman–Crippen LogP) is 4.26. The number of hydrogen-bond donors (Lipinski definition) is 2. The number of aromatic hydroxyl groups is 1. The van der Waals surface area contributed by atoms with Crippen molar-refractivity contribution in [2.45, 2.75) is 38.6 Å².